The summed E-state index contributed by atoms with van der Waals surface area (Å²) in [6, 6.07) is 15.4. The molecular formula is C91H130ClF5N16O23S5. The molecule has 3 aromatic heterocycles. The number of carbonyl (C=O) groups is 9. The largest absolute Gasteiger partial charge is 0.395 e. The van der Waals surface area contributed by atoms with Crippen molar-refractivity contribution >= 4 is 114 Å². The number of carbonyl (C=O) groups excluding carboxylic acids is 9. The van der Waals surface area contributed by atoms with Crippen LogP contribution in [0.4, 0.5) is 22.0 Å². The first-order chi connectivity index (χ1) is 66.8. The van der Waals surface area contributed by atoms with E-state index >= 15 is 0 Å². The monoisotopic (exact) mass is 2100 g/mol. The minimum Gasteiger partial charge on any atom is -0.395 e. The van der Waals surface area contributed by atoms with Gasteiger partial charge in [0.05, 0.1) is 113 Å². The molecule has 12 rings (SSSR count). The highest BCUT2D eigenvalue weighted by atomic mass is 35.5. The van der Waals surface area contributed by atoms with E-state index in [0.717, 1.165) is 128 Å². The van der Waals surface area contributed by atoms with E-state index in [0.29, 0.717) is 88.9 Å². The second-order valence-corrected chi connectivity index (χ2v) is 45.4. The number of nitrogens with zero attached hydrogens (tertiary/aromatic N) is 7. The molecule has 6 aliphatic rings. The smallest absolute Gasteiger partial charge is 0.241 e. The lowest BCUT2D eigenvalue weighted by molar-refractivity contribution is -0.123. The van der Waals surface area contributed by atoms with E-state index in [4.69, 9.17) is 30.9 Å². The van der Waals surface area contributed by atoms with Gasteiger partial charge in [-0.1, -0.05) is 99.7 Å². The average Bonchev–Trinajstić information content (AvgIpc) is 1.29. The van der Waals surface area contributed by atoms with Crippen LogP contribution < -0.4 is 44.9 Å². The number of hydrogen-bond donors (Lipinski definition) is 10. The molecule has 3 aliphatic carbocycles. The number of Topliss-reactive ketones (excluding diaryl/α,β-unsaturated/α-hetero) is 5. The molecule has 0 bridgehead atoms. The Bertz CT molecular complexity index is 5890. The van der Waals surface area contributed by atoms with Crippen LogP contribution in [0, 0.1) is 68.6 Å². The summed E-state index contributed by atoms with van der Waals surface area (Å²) in [7, 11) is -13.7. The summed E-state index contributed by atoms with van der Waals surface area (Å²) in [6.45, 7) is 6.46. The second kappa shape index (κ2) is 56.3. The van der Waals surface area contributed by atoms with Crippen LogP contribution in [-0.2, 0) is 103 Å². The van der Waals surface area contributed by atoms with E-state index in [1.807, 2.05) is 30.3 Å². The molecule has 0 radical (unpaired) electrons. The first kappa shape index (κ1) is 117. The second-order valence-electron chi connectivity index (χ2n) is 35.2. The summed E-state index contributed by atoms with van der Waals surface area (Å²) in [5.74, 6) is -9.55. The molecule has 3 saturated heterocycles. The summed E-state index contributed by atoms with van der Waals surface area (Å²) in [4.78, 5) is 111. The van der Waals surface area contributed by atoms with Crippen molar-refractivity contribution < 1.29 is 127 Å². The number of aliphatic hydroxyl groups is 1. The number of ketones is 5. The quantitative estimate of drug-likeness (QED) is 0.0144. The van der Waals surface area contributed by atoms with E-state index in [9.17, 15) is 107 Å². The average molecular weight is 2110 g/mol. The van der Waals surface area contributed by atoms with Crippen molar-refractivity contribution in [1.29, 1.82) is 0 Å². The molecule has 784 valence electrons. The molecule has 3 aromatic carbocycles. The number of rotatable bonds is 43. The molecular weight excluding hydrogens is 1980 g/mol. The fraction of sp³-hybridized carbons (Fsp3) is 0.604. The number of amides is 4. The summed E-state index contributed by atoms with van der Waals surface area (Å²) in [6.07, 6.45) is 15.6. The summed E-state index contributed by atoms with van der Waals surface area (Å²) >= 11 is 5.93. The standard InChI is InChI=1S/C24H31FN2O4S.C18H23ClFNO5S.C18H28FN5O5S.C16H25FN4O5S.C15H23FN4O4S/c1-18-14-21(20-6-4-3-5-7-20)15-22(24(18)25)23(28)16-26-32(29,30)17-19-8-10-27(11-9-19)12-13-31-2;19-15-9-13(17-2-1-5-26-17)8-14(18(15)20)16(22)10-21-27(23,24)11-12-3-6-25-7-4-12;1-12-17(19)18(24(23-12)11-16(27)21-9-8-15(26)20-2)14(25)10-22-30(28,29)13-6-4-3-5-7-13;1-11-15(17)16(21(20-11)10-14(24)18-7-8-22)13(23)9-19-27(25,26)12-5-3-2-4-6-12;1-10-14(16)15(20(19-10)9-13(22)17-2)12(21)8-18-25(23,24)11-6-4-3-5-7-11/h3-7,14-15,19,26H,8-13,16-17H2,1-2H3;8-9,12,17,21H,1-7,10-11H2;13,22H,3-11H2,1-2H3,(H,20,26)(H,21,27);12,19,22H,2-10H2,1H3,(H,18,24);11,18H,3-9H2,1-2H3,(H,17,22). The lowest BCUT2D eigenvalue weighted by Crippen LogP contribution is -2.40. The first-order valence-corrected chi connectivity index (χ1v) is 55.2. The summed E-state index contributed by atoms with van der Waals surface area (Å²) in [5, 5.41) is 28.1. The minimum atomic E-state index is -3.69. The number of piperidine rings is 1. The minimum absolute atomic E-state index is 0.000348. The van der Waals surface area contributed by atoms with Gasteiger partial charge in [-0.05, 0) is 176 Å². The van der Waals surface area contributed by atoms with E-state index in [-0.39, 0.29) is 101 Å². The van der Waals surface area contributed by atoms with Crippen LogP contribution in [0.25, 0.3) is 11.1 Å². The lowest BCUT2D eigenvalue weighted by Gasteiger charge is -2.31. The van der Waals surface area contributed by atoms with E-state index in [2.05, 4.69) is 65.1 Å². The predicted molar refractivity (Wildman–Crippen MR) is 514 cm³/mol. The molecule has 6 aromatic rings. The van der Waals surface area contributed by atoms with Gasteiger partial charge in [0.2, 0.25) is 73.7 Å². The molecule has 141 heavy (non-hydrogen) atoms. The highest BCUT2D eigenvalue weighted by molar-refractivity contribution is 7.91. The molecule has 1 atom stereocenters. The third-order valence-electron chi connectivity index (χ3n) is 24.6. The van der Waals surface area contributed by atoms with Crippen LogP contribution in [0.1, 0.15) is 228 Å². The molecule has 3 saturated carbocycles. The predicted octanol–water partition coefficient (Wildman–Crippen LogP) is 6.52. The van der Waals surface area contributed by atoms with E-state index < -0.39 is 204 Å². The maximum Gasteiger partial charge on any atom is 0.241 e. The number of ether oxygens (including phenoxy) is 3. The zero-order valence-corrected chi connectivity index (χ0v) is 85.1. The Hall–Kier alpha value is -9.19. The number of benzene rings is 3. The van der Waals surface area contributed by atoms with Gasteiger partial charge in [-0.25, -0.2) is 102 Å². The Labute approximate surface area is 824 Å². The molecule has 0 spiro atoms. The van der Waals surface area contributed by atoms with Gasteiger partial charge in [-0.15, -0.1) is 0 Å². The van der Waals surface area contributed by atoms with Gasteiger partial charge in [0.15, 0.2) is 52.2 Å². The lowest BCUT2D eigenvalue weighted by atomic mass is 9.98. The van der Waals surface area contributed by atoms with Crippen molar-refractivity contribution in [2.45, 2.75) is 210 Å². The fourth-order valence-corrected chi connectivity index (χ4v) is 24.3. The maximum absolute atomic E-state index is 14.7. The number of aromatic nitrogens is 6. The number of likely N-dealkylation sites (N-methyl/N-ethyl adjacent to an activating group) is 1. The summed E-state index contributed by atoms with van der Waals surface area (Å²) in [5.41, 5.74) is 0.770. The van der Waals surface area contributed by atoms with Gasteiger partial charge in [-0.2, -0.15) is 15.3 Å². The van der Waals surface area contributed by atoms with E-state index in [1.54, 1.807) is 20.1 Å². The molecule has 6 heterocycles. The first-order valence-electron chi connectivity index (χ1n) is 46.9. The topological polar surface area (TPSA) is 537 Å². The number of hydrogen-bond acceptors (Lipinski definition) is 27. The van der Waals surface area contributed by atoms with Crippen molar-refractivity contribution in [1.82, 2.24) is 79.1 Å². The van der Waals surface area contributed by atoms with Gasteiger partial charge in [-0.3, -0.25) is 43.2 Å². The zero-order valence-electron chi connectivity index (χ0n) is 80.2. The number of aryl methyl sites for hydroxylation is 4. The number of halogens is 6. The zero-order chi connectivity index (χ0) is 104. The van der Waals surface area contributed by atoms with Crippen molar-refractivity contribution in [3.05, 3.63) is 145 Å². The number of aliphatic hydroxyl groups excluding tert-OH is 1. The summed E-state index contributed by atoms with van der Waals surface area (Å²) < 4.78 is 226. The van der Waals surface area contributed by atoms with Crippen LogP contribution in [0.2, 0.25) is 5.02 Å². The van der Waals surface area contributed by atoms with Gasteiger partial charge in [0, 0.05) is 67.1 Å². The molecule has 50 heteroatoms. The third-order valence-corrected chi connectivity index (χ3v) is 33.5. The molecule has 10 N–H and O–H groups in total. The fourth-order valence-electron chi connectivity index (χ4n) is 16.7. The maximum atomic E-state index is 14.7. The Morgan fingerprint density at radius 3 is 1.26 bits per heavy atom. The SMILES string of the molecule is CNC(=O)CCNC(=O)Cn1nc(C)c(F)c1C(=O)CNS(=O)(=O)C1CCCCC1.CNC(=O)Cn1nc(C)c(F)c1C(=O)CNS(=O)(=O)C1CCCCC1.COCCN1CCC(CS(=O)(=O)NCC(=O)c2cc(-c3ccccc3)cc(C)c2F)CC1.Cc1nn(CC(=O)NCCO)c(C(=O)CNS(=O)(=O)C2CCCCC2)c1F.O=C(CNS(=O)(=O)CC1CCOCC1)c1cc(C2CCCO2)cc(Cl)c1F. The number of methoxy groups -OCH3 is 1. The Balaban J connectivity index is 0.000000216. The van der Waals surface area contributed by atoms with Gasteiger partial charge in [0.1, 0.15) is 42.5 Å². The van der Waals surface area contributed by atoms with Gasteiger partial charge < -0.3 is 45.5 Å². The van der Waals surface area contributed by atoms with Crippen LogP contribution in [0.5, 0.6) is 0 Å². The normalized spacial score (nSPS) is 16.7. The third kappa shape index (κ3) is 36.5. The Morgan fingerprint density at radius 2 is 0.858 bits per heavy atom. The van der Waals surface area contributed by atoms with Gasteiger partial charge in [0.25, 0.3) is 0 Å². The highest BCUT2D eigenvalue weighted by Crippen LogP contribution is 2.34. The van der Waals surface area contributed by atoms with Crippen molar-refractivity contribution in [2.75, 3.05) is 131 Å². The van der Waals surface area contributed by atoms with Gasteiger partial charge >= 0.3 is 0 Å². The van der Waals surface area contributed by atoms with Crippen molar-refractivity contribution in [3.63, 3.8) is 0 Å². The number of nitrogens with one attached hydrogen (secondary N) is 9. The number of sulfonamides is 5. The van der Waals surface area contributed by atoms with Crippen LogP contribution >= 0.6 is 11.6 Å². The molecule has 1 unspecified atom stereocenters. The molecule has 6 fully saturated rings. The number of likely N-dealkylation sites (tertiary alicyclic amines) is 1. The molecule has 39 nitrogen and oxygen atoms in total. The van der Waals surface area contributed by atoms with Crippen LogP contribution in [0.15, 0.2) is 54.6 Å². The molecule has 3 aliphatic heterocycles. The van der Waals surface area contributed by atoms with Crippen molar-refractivity contribution in [2.24, 2.45) is 11.8 Å². The van der Waals surface area contributed by atoms with Crippen LogP contribution in [0.3, 0.4) is 0 Å². The Kier molecular flexibility index (Phi) is 46.8. The Morgan fingerprint density at radius 1 is 0.454 bits per heavy atom. The molecule has 4 amide bonds. The van der Waals surface area contributed by atoms with Crippen LogP contribution in [-0.4, -0.2) is 281 Å². The highest BCUT2D eigenvalue weighted by Gasteiger charge is 2.36. The van der Waals surface area contributed by atoms with Crippen molar-refractivity contribution in [3.8, 4) is 11.1 Å². The van der Waals surface area contributed by atoms with E-state index in [1.165, 1.54) is 53.1 Å².